The molecule has 5 aromatic heterocycles. The summed E-state index contributed by atoms with van der Waals surface area (Å²) in [7, 11) is 0. The maximum atomic E-state index is 13.5. The van der Waals surface area contributed by atoms with Gasteiger partial charge in [0.15, 0.2) is 0 Å². The second kappa shape index (κ2) is 8.28. The summed E-state index contributed by atoms with van der Waals surface area (Å²) in [6.07, 6.45) is 0.211. The molecular formula is C21H15F4N9O2. The van der Waals surface area contributed by atoms with Gasteiger partial charge >= 0.3 is 18.3 Å². The molecule has 1 amide bonds. The Kier molecular flexibility index (Phi) is 5.05. The Morgan fingerprint density at radius 3 is 2.78 bits per heavy atom. The first-order valence-corrected chi connectivity index (χ1v) is 10.7. The van der Waals surface area contributed by atoms with Crippen LogP contribution in [0.4, 0.5) is 17.6 Å². The molecular weight excluding hydrogens is 486 g/mol. The summed E-state index contributed by atoms with van der Waals surface area (Å²) in [6.45, 7) is -2.64. The van der Waals surface area contributed by atoms with Gasteiger partial charge in [0.05, 0.1) is 23.2 Å². The van der Waals surface area contributed by atoms with Crippen molar-refractivity contribution in [2.45, 2.75) is 25.4 Å². The lowest BCUT2D eigenvalue weighted by Crippen LogP contribution is -2.41. The molecule has 1 N–H and O–H groups in total. The van der Waals surface area contributed by atoms with Gasteiger partial charge in [0, 0.05) is 24.9 Å². The van der Waals surface area contributed by atoms with Crippen LogP contribution in [0.1, 0.15) is 52.5 Å². The molecule has 184 valence electrons. The highest BCUT2D eigenvalue weighted by molar-refractivity contribution is 5.90. The molecule has 6 heterocycles. The van der Waals surface area contributed by atoms with E-state index >= 15 is 0 Å². The fourth-order valence-electron chi connectivity index (χ4n) is 4.25. The molecule has 0 spiro atoms. The average molecular weight is 501 g/mol. The van der Waals surface area contributed by atoms with Crippen LogP contribution in [0.15, 0.2) is 47.3 Å². The largest absolute Gasteiger partial charge is 0.411 e. The molecule has 1 atom stereocenters. The predicted octanol–water partition coefficient (Wildman–Crippen LogP) is 3.42. The van der Waals surface area contributed by atoms with Gasteiger partial charge in [-0.3, -0.25) is 4.79 Å². The fraction of sp³-hybridized carbons (Fsp3) is 0.238. The molecule has 0 fully saturated rings. The first kappa shape index (κ1) is 21.9. The van der Waals surface area contributed by atoms with Gasteiger partial charge < -0.3 is 14.3 Å². The van der Waals surface area contributed by atoms with E-state index in [0.29, 0.717) is 28.0 Å². The number of halogens is 4. The van der Waals surface area contributed by atoms with Gasteiger partial charge in [0.25, 0.3) is 12.3 Å². The Balaban J connectivity index is 1.38. The molecule has 11 nitrogen and oxygen atoms in total. The maximum Gasteiger partial charge on any atom is 0.333 e. The molecule has 5 aromatic rings. The minimum Gasteiger partial charge on any atom is -0.411 e. The van der Waals surface area contributed by atoms with E-state index in [9.17, 15) is 22.4 Å². The van der Waals surface area contributed by atoms with Gasteiger partial charge in [-0.2, -0.15) is 19.0 Å². The lowest BCUT2D eigenvalue weighted by atomic mass is 9.99. The molecule has 1 aliphatic heterocycles. The second-order valence-electron chi connectivity index (χ2n) is 7.95. The molecule has 0 aromatic carbocycles. The van der Waals surface area contributed by atoms with Crippen LogP contribution >= 0.6 is 0 Å². The summed E-state index contributed by atoms with van der Waals surface area (Å²) < 4.78 is 59.7. The molecule has 1 aliphatic rings. The number of pyridine rings is 1. The van der Waals surface area contributed by atoms with Crippen LogP contribution in [-0.4, -0.2) is 56.9 Å². The van der Waals surface area contributed by atoms with E-state index in [0.717, 1.165) is 16.4 Å². The van der Waals surface area contributed by atoms with Crippen molar-refractivity contribution in [1.82, 2.24) is 44.5 Å². The zero-order valence-electron chi connectivity index (χ0n) is 18.1. The Morgan fingerprint density at radius 2 is 2.00 bits per heavy atom. The number of nitrogens with zero attached hydrogens (tertiary/aromatic N) is 8. The van der Waals surface area contributed by atoms with Crippen molar-refractivity contribution in [1.29, 1.82) is 0 Å². The standard InChI is InChI=1S/C21H15F4N9O2/c22-17(23)14-3-1-2-10-8-13(31-34(10)14)16-15-11(26-9-27-15)4-6-32(16)20(35)19-29-28-18(36-19)12-5-7-33(30-12)21(24)25/h1-3,5,7-9,16-17,21H,4,6H2,(H,26,27)/t16-/m1/s1. The number of imidazole rings is 1. The van der Waals surface area contributed by atoms with Crippen LogP contribution in [-0.2, 0) is 6.42 Å². The molecule has 0 saturated heterocycles. The topological polar surface area (TPSA) is 123 Å². The molecule has 0 radical (unpaired) electrons. The van der Waals surface area contributed by atoms with Crippen molar-refractivity contribution in [3.05, 3.63) is 71.5 Å². The Labute approximate surface area is 198 Å². The van der Waals surface area contributed by atoms with Crippen LogP contribution in [0.5, 0.6) is 0 Å². The summed E-state index contributed by atoms with van der Waals surface area (Å²) in [5.74, 6) is -1.26. The third kappa shape index (κ3) is 3.50. The SMILES string of the molecule is O=C(c1nnc(-c2ccn(C(F)F)n2)o1)N1CCc2[nH]cnc2[C@H]1c1cc2cccc(C(F)F)n2n1. The number of rotatable bonds is 5. The highest BCUT2D eigenvalue weighted by atomic mass is 19.3. The molecule has 0 bridgehead atoms. The third-order valence-corrected chi connectivity index (χ3v) is 5.86. The number of aromatic nitrogens is 8. The summed E-state index contributed by atoms with van der Waals surface area (Å²) in [5.41, 5.74) is 1.71. The molecule has 0 unspecified atom stereocenters. The zero-order chi connectivity index (χ0) is 25.0. The first-order valence-electron chi connectivity index (χ1n) is 10.7. The van der Waals surface area contributed by atoms with Gasteiger partial charge in [-0.15, -0.1) is 10.2 Å². The fourth-order valence-corrected chi connectivity index (χ4v) is 4.25. The van der Waals surface area contributed by atoms with Crippen molar-refractivity contribution in [2.24, 2.45) is 0 Å². The lowest BCUT2D eigenvalue weighted by molar-refractivity contribution is 0.0566. The summed E-state index contributed by atoms with van der Waals surface area (Å²) in [5, 5.41) is 15.6. The number of fused-ring (bicyclic) bond motifs is 2. The molecule has 6 rings (SSSR count). The number of carbonyl (C=O) groups is 1. The van der Waals surface area contributed by atoms with Crippen LogP contribution < -0.4 is 0 Å². The Hall–Kier alpha value is -4.56. The van der Waals surface area contributed by atoms with E-state index in [1.807, 2.05) is 0 Å². The number of hydrogen-bond acceptors (Lipinski definition) is 7. The van der Waals surface area contributed by atoms with Gasteiger partial charge in [-0.05, 0) is 24.3 Å². The van der Waals surface area contributed by atoms with Gasteiger partial charge in [0.1, 0.15) is 17.4 Å². The monoisotopic (exact) mass is 501 g/mol. The lowest BCUT2D eigenvalue weighted by Gasteiger charge is -2.32. The highest BCUT2D eigenvalue weighted by Gasteiger charge is 2.38. The maximum absolute atomic E-state index is 13.5. The number of aromatic amines is 1. The number of H-pyrrole nitrogens is 1. The molecule has 15 heteroatoms. The van der Waals surface area contributed by atoms with Crippen molar-refractivity contribution in [3.63, 3.8) is 0 Å². The van der Waals surface area contributed by atoms with Crippen LogP contribution in [0.25, 0.3) is 17.1 Å². The number of carbonyl (C=O) groups excluding carboxylic acids is 1. The quantitative estimate of drug-likeness (QED) is 0.366. The average Bonchev–Trinajstić information content (AvgIpc) is 3.66. The smallest absolute Gasteiger partial charge is 0.333 e. The first-order chi connectivity index (χ1) is 17.4. The Morgan fingerprint density at radius 1 is 1.14 bits per heavy atom. The van der Waals surface area contributed by atoms with E-state index in [-0.39, 0.29) is 23.8 Å². The van der Waals surface area contributed by atoms with Crippen LogP contribution in [0.2, 0.25) is 0 Å². The van der Waals surface area contributed by atoms with Crippen molar-refractivity contribution >= 4 is 11.4 Å². The van der Waals surface area contributed by atoms with Crippen LogP contribution in [0, 0.1) is 0 Å². The number of alkyl halides is 4. The van der Waals surface area contributed by atoms with Gasteiger partial charge in [-0.25, -0.2) is 23.0 Å². The van der Waals surface area contributed by atoms with Crippen molar-refractivity contribution in [3.8, 4) is 11.6 Å². The number of hydrogen-bond donors (Lipinski definition) is 1. The predicted molar refractivity (Wildman–Crippen MR) is 112 cm³/mol. The van der Waals surface area contributed by atoms with Gasteiger partial charge in [0.2, 0.25) is 0 Å². The Bertz CT molecular complexity index is 1570. The number of amides is 1. The van der Waals surface area contributed by atoms with E-state index in [1.54, 1.807) is 12.1 Å². The summed E-state index contributed by atoms with van der Waals surface area (Å²) >= 11 is 0. The second-order valence-corrected chi connectivity index (χ2v) is 7.95. The minimum absolute atomic E-state index is 0.0217. The van der Waals surface area contributed by atoms with E-state index < -0.39 is 30.8 Å². The number of nitrogens with one attached hydrogen (secondary N) is 1. The normalized spacial score (nSPS) is 15.8. The van der Waals surface area contributed by atoms with Crippen molar-refractivity contribution < 1.29 is 26.8 Å². The van der Waals surface area contributed by atoms with E-state index in [4.69, 9.17) is 4.42 Å². The molecule has 36 heavy (non-hydrogen) atoms. The van der Waals surface area contributed by atoms with E-state index in [1.165, 1.54) is 29.4 Å². The van der Waals surface area contributed by atoms with Crippen LogP contribution in [0.3, 0.4) is 0 Å². The zero-order valence-corrected chi connectivity index (χ0v) is 18.1. The summed E-state index contributed by atoms with van der Waals surface area (Å²) in [4.78, 5) is 22.2. The molecule has 0 saturated carbocycles. The highest BCUT2D eigenvalue weighted by Crippen LogP contribution is 2.35. The third-order valence-electron chi connectivity index (χ3n) is 5.86. The molecule has 0 aliphatic carbocycles. The van der Waals surface area contributed by atoms with Gasteiger partial charge in [-0.1, -0.05) is 6.07 Å². The van der Waals surface area contributed by atoms with Crippen molar-refractivity contribution in [2.75, 3.05) is 6.54 Å². The minimum atomic E-state index is -2.85. The summed E-state index contributed by atoms with van der Waals surface area (Å²) in [6, 6.07) is 6.44. The van der Waals surface area contributed by atoms with E-state index in [2.05, 4.69) is 30.4 Å².